The number of amides is 1. The van der Waals surface area contributed by atoms with E-state index in [0.29, 0.717) is 18.4 Å². The molecule has 1 aliphatic heterocycles. The highest BCUT2D eigenvalue weighted by molar-refractivity contribution is 5.76. The summed E-state index contributed by atoms with van der Waals surface area (Å²) >= 11 is 0. The fraction of sp³-hybridized carbons (Fsp3) is 0.941. The van der Waals surface area contributed by atoms with Crippen LogP contribution in [-0.4, -0.2) is 36.5 Å². The lowest BCUT2D eigenvalue weighted by molar-refractivity contribution is -0.132. The fourth-order valence-corrected chi connectivity index (χ4v) is 3.67. The normalized spacial score (nSPS) is 27.9. The van der Waals surface area contributed by atoms with E-state index in [1.54, 1.807) is 0 Å². The number of hydrogen-bond acceptors (Lipinski definition) is 2. The number of hydrogen-bond donors (Lipinski definition) is 1. The molecule has 1 saturated heterocycles. The average molecular weight is 280 g/mol. The van der Waals surface area contributed by atoms with Crippen molar-refractivity contribution >= 4 is 5.91 Å². The molecule has 1 aliphatic carbocycles. The average Bonchev–Trinajstić information content (AvgIpc) is 2.48. The van der Waals surface area contributed by atoms with Crippen LogP contribution in [0.4, 0.5) is 0 Å². The molecule has 1 N–H and O–H groups in total. The Morgan fingerprint density at radius 1 is 1.10 bits per heavy atom. The molecule has 0 radical (unpaired) electrons. The molecule has 2 fully saturated rings. The molecule has 1 heterocycles. The van der Waals surface area contributed by atoms with Gasteiger partial charge in [-0.15, -0.1) is 0 Å². The van der Waals surface area contributed by atoms with Crippen LogP contribution in [0.1, 0.15) is 65.2 Å². The summed E-state index contributed by atoms with van der Waals surface area (Å²) in [6.07, 6.45) is 9.66. The van der Waals surface area contributed by atoms with Gasteiger partial charge in [0.15, 0.2) is 0 Å². The predicted molar refractivity (Wildman–Crippen MR) is 83.6 cm³/mol. The van der Waals surface area contributed by atoms with E-state index in [1.165, 1.54) is 44.9 Å². The number of likely N-dealkylation sites (tertiary alicyclic amines) is 1. The minimum absolute atomic E-state index is 0.355. The number of piperidine rings is 1. The van der Waals surface area contributed by atoms with E-state index in [1.807, 2.05) is 0 Å². The summed E-state index contributed by atoms with van der Waals surface area (Å²) in [5.74, 6) is 2.10. The van der Waals surface area contributed by atoms with Crippen molar-refractivity contribution in [3.63, 3.8) is 0 Å². The van der Waals surface area contributed by atoms with Crippen molar-refractivity contribution in [1.82, 2.24) is 10.2 Å². The van der Waals surface area contributed by atoms with Gasteiger partial charge in [0, 0.05) is 32.1 Å². The first-order chi connectivity index (χ1) is 9.66. The maximum absolute atomic E-state index is 12.1. The van der Waals surface area contributed by atoms with E-state index in [4.69, 9.17) is 0 Å². The van der Waals surface area contributed by atoms with E-state index in [2.05, 4.69) is 24.1 Å². The third kappa shape index (κ3) is 4.76. The number of carbonyl (C=O) groups excluding carboxylic acids is 1. The zero-order chi connectivity index (χ0) is 14.4. The Balaban J connectivity index is 1.58. The minimum atomic E-state index is 0.355. The van der Waals surface area contributed by atoms with Crippen LogP contribution in [0.2, 0.25) is 0 Å². The number of nitrogens with zero attached hydrogens (tertiary/aromatic N) is 1. The molecule has 1 saturated carbocycles. The molecule has 0 bridgehead atoms. The summed E-state index contributed by atoms with van der Waals surface area (Å²) in [7, 11) is 0. The van der Waals surface area contributed by atoms with Gasteiger partial charge < -0.3 is 10.2 Å². The molecule has 20 heavy (non-hydrogen) atoms. The van der Waals surface area contributed by atoms with Crippen LogP contribution in [0.25, 0.3) is 0 Å². The van der Waals surface area contributed by atoms with Crippen LogP contribution in [0.15, 0.2) is 0 Å². The largest absolute Gasteiger partial charge is 0.343 e. The second kappa shape index (κ2) is 8.02. The van der Waals surface area contributed by atoms with E-state index < -0.39 is 0 Å². The maximum atomic E-state index is 12.1. The fourth-order valence-electron chi connectivity index (χ4n) is 3.67. The first-order valence-electron chi connectivity index (χ1n) is 8.68. The Morgan fingerprint density at radius 3 is 2.35 bits per heavy atom. The minimum Gasteiger partial charge on any atom is -0.343 e. The highest BCUT2D eigenvalue weighted by atomic mass is 16.2. The van der Waals surface area contributed by atoms with Gasteiger partial charge in [0.2, 0.25) is 5.91 Å². The molecule has 0 unspecified atom stereocenters. The lowest BCUT2D eigenvalue weighted by Crippen LogP contribution is -2.39. The van der Waals surface area contributed by atoms with Gasteiger partial charge in [-0.05, 0) is 56.8 Å². The van der Waals surface area contributed by atoms with E-state index in [0.717, 1.165) is 31.5 Å². The van der Waals surface area contributed by atoms with Crippen LogP contribution < -0.4 is 5.32 Å². The van der Waals surface area contributed by atoms with Gasteiger partial charge in [-0.2, -0.15) is 0 Å². The van der Waals surface area contributed by atoms with E-state index >= 15 is 0 Å². The topological polar surface area (TPSA) is 32.3 Å². The summed E-state index contributed by atoms with van der Waals surface area (Å²) in [5, 5.41) is 3.60. The van der Waals surface area contributed by atoms with Crippen LogP contribution >= 0.6 is 0 Å². The SMILES string of the molecule is CC(C)C1CCC(NCCC(=O)N2CCCCC2)CC1. The Hall–Kier alpha value is -0.570. The molecular weight excluding hydrogens is 248 g/mol. The Labute approximate surface area is 124 Å². The van der Waals surface area contributed by atoms with Crippen molar-refractivity contribution in [3.05, 3.63) is 0 Å². The van der Waals surface area contributed by atoms with E-state index in [-0.39, 0.29) is 0 Å². The summed E-state index contributed by atoms with van der Waals surface area (Å²) < 4.78 is 0. The second-order valence-corrected chi connectivity index (χ2v) is 7.00. The monoisotopic (exact) mass is 280 g/mol. The Kier molecular flexibility index (Phi) is 6.34. The van der Waals surface area contributed by atoms with Gasteiger partial charge in [-0.3, -0.25) is 4.79 Å². The molecule has 0 aromatic rings. The molecule has 1 amide bonds. The van der Waals surface area contributed by atoms with Crippen molar-refractivity contribution in [2.45, 2.75) is 71.3 Å². The van der Waals surface area contributed by atoms with Crippen LogP contribution in [0.5, 0.6) is 0 Å². The zero-order valence-electron chi connectivity index (χ0n) is 13.4. The summed E-state index contributed by atoms with van der Waals surface area (Å²) in [6.45, 7) is 7.52. The molecule has 3 heteroatoms. The third-order valence-corrected chi connectivity index (χ3v) is 5.20. The molecule has 0 atom stereocenters. The number of rotatable bonds is 5. The molecule has 0 aromatic heterocycles. The first-order valence-corrected chi connectivity index (χ1v) is 8.68. The molecule has 2 rings (SSSR count). The van der Waals surface area contributed by atoms with Crippen LogP contribution in [0, 0.1) is 11.8 Å². The zero-order valence-corrected chi connectivity index (χ0v) is 13.4. The van der Waals surface area contributed by atoms with Gasteiger partial charge in [-0.1, -0.05) is 13.8 Å². The van der Waals surface area contributed by atoms with Crippen molar-refractivity contribution in [2.24, 2.45) is 11.8 Å². The molecule has 0 aromatic carbocycles. The van der Waals surface area contributed by atoms with Crippen molar-refractivity contribution in [2.75, 3.05) is 19.6 Å². The molecule has 3 nitrogen and oxygen atoms in total. The lowest BCUT2D eigenvalue weighted by Gasteiger charge is -2.32. The lowest BCUT2D eigenvalue weighted by atomic mass is 9.80. The van der Waals surface area contributed by atoms with Gasteiger partial charge >= 0.3 is 0 Å². The van der Waals surface area contributed by atoms with Crippen LogP contribution in [-0.2, 0) is 4.79 Å². The molecule has 0 spiro atoms. The standard InChI is InChI=1S/C17H32N2O/c1-14(2)15-6-8-16(9-7-15)18-11-10-17(20)19-12-4-3-5-13-19/h14-16,18H,3-13H2,1-2H3. The smallest absolute Gasteiger partial charge is 0.223 e. The summed E-state index contributed by atoms with van der Waals surface area (Å²) in [5.41, 5.74) is 0. The predicted octanol–water partition coefficient (Wildman–Crippen LogP) is 3.19. The number of carbonyl (C=O) groups is 1. The van der Waals surface area contributed by atoms with Crippen molar-refractivity contribution < 1.29 is 4.79 Å². The first kappa shape index (κ1) is 15.8. The summed E-state index contributed by atoms with van der Waals surface area (Å²) in [6, 6.07) is 0.652. The Bertz CT molecular complexity index is 289. The maximum Gasteiger partial charge on any atom is 0.223 e. The van der Waals surface area contributed by atoms with Crippen LogP contribution in [0.3, 0.4) is 0 Å². The highest BCUT2D eigenvalue weighted by Gasteiger charge is 2.23. The highest BCUT2D eigenvalue weighted by Crippen LogP contribution is 2.29. The molecular formula is C17H32N2O. The molecule has 116 valence electrons. The number of nitrogens with one attached hydrogen (secondary N) is 1. The van der Waals surface area contributed by atoms with Gasteiger partial charge in [0.25, 0.3) is 0 Å². The quantitative estimate of drug-likeness (QED) is 0.839. The van der Waals surface area contributed by atoms with Gasteiger partial charge in [0.1, 0.15) is 0 Å². The van der Waals surface area contributed by atoms with E-state index in [9.17, 15) is 4.79 Å². The van der Waals surface area contributed by atoms with Crippen molar-refractivity contribution in [1.29, 1.82) is 0 Å². The Morgan fingerprint density at radius 2 is 1.75 bits per heavy atom. The van der Waals surface area contributed by atoms with Gasteiger partial charge in [-0.25, -0.2) is 0 Å². The van der Waals surface area contributed by atoms with Gasteiger partial charge in [0.05, 0.1) is 0 Å². The molecule has 2 aliphatic rings. The second-order valence-electron chi connectivity index (χ2n) is 7.00. The summed E-state index contributed by atoms with van der Waals surface area (Å²) in [4.78, 5) is 14.1. The third-order valence-electron chi connectivity index (χ3n) is 5.20. The van der Waals surface area contributed by atoms with Crippen molar-refractivity contribution in [3.8, 4) is 0 Å².